The number of carboxylic acid groups (broad SMARTS) is 1. The first-order valence-corrected chi connectivity index (χ1v) is 10.5. The molecular weight excluding hydrogens is 412 g/mol. The third-order valence-electron chi connectivity index (χ3n) is 5.47. The van der Waals surface area contributed by atoms with E-state index in [1.54, 1.807) is 18.2 Å². The van der Waals surface area contributed by atoms with Crippen LogP contribution in [0.15, 0.2) is 24.3 Å². The molecule has 0 aliphatic carbocycles. The normalized spacial score (nSPS) is 17.7. The lowest BCUT2D eigenvalue weighted by molar-refractivity contribution is -0.142. The van der Waals surface area contributed by atoms with Crippen molar-refractivity contribution in [3.8, 4) is 6.07 Å². The van der Waals surface area contributed by atoms with Crippen molar-refractivity contribution >= 4 is 23.7 Å². The van der Waals surface area contributed by atoms with Gasteiger partial charge >= 0.3 is 5.97 Å². The Bertz CT molecular complexity index is 931. The summed E-state index contributed by atoms with van der Waals surface area (Å²) in [5.74, 6) is -2.53. The number of rotatable bonds is 7. The molecule has 9 heteroatoms. The first kappa shape index (κ1) is 24.9. The van der Waals surface area contributed by atoms with Crippen molar-refractivity contribution in [2.24, 2.45) is 5.41 Å². The molecule has 3 atom stereocenters. The summed E-state index contributed by atoms with van der Waals surface area (Å²) in [6.07, 6.45) is 0.452. The van der Waals surface area contributed by atoms with Gasteiger partial charge in [-0.1, -0.05) is 39.0 Å². The van der Waals surface area contributed by atoms with Crippen molar-refractivity contribution in [2.45, 2.75) is 65.1 Å². The number of benzene rings is 1. The molecule has 0 bridgehead atoms. The van der Waals surface area contributed by atoms with Crippen LogP contribution in [-0.2, 0) is 14.4 Å². The van der Waals surface area contributed by atoms with Crippen molar-refractivity contribution in [3.05, 3.63) is 35.4 Å². The van der Waals surface area contributed by atoms with Crippen LogP contribution in [0.25, 0.3) is 0 Å². The Kier molecular flexibility index (Phi) is 7.97. The van der Waals surface area contributed by atoms with Gasteiger partial charge in [0.05, 0.1) is 12.5 Å². The van der Waals surface area contributed by atoms with Gasteiger partial charge in [0, 0.05) is 12.1 Å². The molecule has 9 nitrogen and oxygen atoms in total. The molecule has 0 saturated carbocycles. The summed E-state index contributed by atoms with van der Waals surface area (Å²) in [5, 5.41) is 23.2. The van der Waals surface area contributed by atoms with Gasteiger partial charge in [-0.3, -0.25) is 19.2 Å². The second kappa shape index (κ2) is 10.3. The lowest BCUT2D eigenvalue weighted by Crippen LogP contribution is -2.58. The predicted octanol–water partition coefficient (Wildman–Crippen LogP) is 1.61. The Morgan fingerprint density at radius 2 is 1.88 bits per heavy atom. The van der Waals surface area contributed by atoms with Crippen LogP contribution in [0.1, 0.15) is 56.0 Å². The van der Waals surface area contributed by atoms with Crippen LogP contribution in [-0.4, -0.2) is 58.4 Å². The molecule has 0 radical (unpaired) electrons. The highest BCUT2D eigenvalue weighted by Crippen LogP contribution is 2.26. The van der Waals surface area contributed by atoms with Crippen molar-refractivity contribution in [2.75, 3.05) is 6.54 Å². The van der Waals surface area contributed by atoms with Crippen LogP contribution in [0.5, 0.6) is 0 Å². The molecule has 1 fully saturated rings. The topological polar surface area (TPSA) is 140 Å². The number of aryl methyl sites for hydroxylation is 1. The SMILES string of the molecule is Cc1ccccc1C(=O)N[C@H](C(=O)N1CCC[C@H]1C(=O)N[C@H](C#N)CC(=O)O)C(C)(C)C. The molecule has 172 valence electrons. The number of likely N-dealkylation sites (tertiary alicyclic amines) is 1. The number of carbonyl (C=O) groups is 4. The van der Waals surface area contributed by atoms with E-state index in [1.807, 2.05) is 39.8 Å². The minimum absolute atomic E-state index is 0.333. The highest BCUT2D eigenvalue weighted by atomic mass is 16.4. The Hall–Kier alpha value is -3.41. The molecule has 0 aromatic heterocycles. The van der Waals surface area contributed by atoms with Crippen LogP contribution in [0.3, 0.4) is 0 Å². The Morgan fingerprint density at radius 3 is 2.44 bits per heavy atom. The summed E-state index contributed by atoms with van der Waals surface area (Å²) < 4.78 is 0. The van der Waals surface area contributed by atoms with E-state index in [9.17, 15) is 19.2 Å². The van der Waals surface area contributed by atoms with E-state index in [2.05, 4.69) is 10.6 Å². The van der Waals surface area contributed by atoms with E-state index in [4.69, 9.17) is 10.4 Å². The highest BCUT2D eigenvalue weighted by Gasteiger charge is 2.42. The average Bonchev–Trinajstić information content (AvgIpc) is 3.20. The molecule has 1 heterocycles. The maximum absolute atomic E-state index is 13.5. The highest BCUT2D eigenvalue weighted by molar-refractivity contribution is 5.99. The summed E-state index contributed by atoms with van der Waals surface area (Å²) in [6, 6.07) is 5.94. The van der Waals surface area contributed by atoms with Gasteiger partial charge in [-0.2, -0.15) is 5.26 Å². The number of hydrogen-bond acceptors (Lipinski definition) is 5. The Morgan fingerprint density at radius 1 is 1.22 bits per heavy atom. The van der Waals surface area contributed by atoms with Crippen molar-refractivity contribution in [1.29, 1.82) is 5.26 Å². The van der Waals surface area contributed by atoms with E-state index in [0.717, 1.165) is 5.56 Å². The molecule has 1 saturated heterocycles. The maximum Gasteiger partial charge on any atom is 0.306 e. The van der Waals surface area contributed by atoms with Crippen molar-refractivity contribution < 1.29 is 24.3 Å². The van der Waals surface area contributed by atoms with E-state index in [1.165, 1.54) is 4.90 Å². The van der Waals surface area contributed by atoms with Gasteiger partial charge in [0.15, 0.2) is 0 Å². The average molecular weight is 443 g/mol. The molecule has 3 N–H and O–H groups in total. The fourth-order valence-electron chi connectivity index (χ4n) is 3.73. The zero-order valence-corrected chi connectivity index (χ0v) is 18.8. The molecule has 0 unspecified atom stereocenters. The number of nitrogens with zero attached hydrogens (tertiary/aromatic N) is 2. The van der Waals surface area contributed by atoms with Gasteiger partial charge in [0.1, 0.15) is 18.1 Å². The molecular formula is C23H30N4O5. The number of nitriles is 1. The first-order valence-electron chi connectivity index (χ1n) is 10.5. The molecule has 1 aliphatic rings. The second-order valence-corrected chi connectivity index (χ2v) is 9.07. The largest absolute Gasteiger partial charge is 0.481 e. The molecule has 1 aliphatic heterocycles. The third kappa shape index (κ3) is 6.06. The maximum atomic E-state index is 13.5. The lowest BCUT2D eigenvalue weighted by Gasteiger charge is -2.35. The Balaban J connectivity index is 2.20. The predicted molar refractivity (Wildman–Crippen MR) is 116 cm³/mol. The quantitative estimate of drug-likeness (QED) is 0.586. The van der Waals surface area contributed by atoms with Gasteiger partial charge < -0.3 is 20.6 Å². The Labute approximate surface area is 187 Å². The zero-order chi connectivity index (χ0) is 24.1. The number of nitrogens with one attached hydrogen (secondary N) is 2. The number of amides is 3. The van der Waals surface area contributed by atoms with Gasteiger partial charge in [-0.05, 0) is 36.8 Å². The number of hydrogen-bond donors (Lipinski definition) is 3. The summed E-state index contributed by atoms with van der Waals surface area (Å²) in [6.45, 7) is 7.64. The molecule has 3 amide bonds. The molecule has 2 rings (SSSR count). The monoisotopic (exact) mass is 442 g/mol. The van der Waals surface area contributed by atoms with Crippen LogP contribution < -0.4 is 10.6 Å². The number of carboxylic acids is 1. The minimum Gasteiger partial charge on any atom is -0.481 e. The summed E-state index contributed by atoms with van der Waals surface area (Å²) in [5.41, 5.74) is 0.623. The van der Waals surface area contributed by atoms with Gasteiger partial charge in [0.2, 0.25) is 11.8 Å². The van der Waals surface area contributed by atoms with E-state index < -0.39 is 41.8 Å². The minimum atomic E-state index is -1.21. The van der Waals surface area contributed by atoms with Crippen LogP contribution in [0.4, 0.5) is 0 Å². The number of carbonyl (C=O) groups excluding carboxylic acids is 3. The fraction of sp³-hybridized carbons (Fsp3) is 0.522. The summed E-state index contributed by atoms with van der Waals surface area (Å²) >= 11 is 0. The van der Waals surface area contributed by atoms with Gasteiger partial charge in [0.25, 0.3) is 5.91 Å². The third-order valence-corrected chi connectivity index (χ3v) is 5.47. The van der Waals surface area contributed by atoms with Crippen LogP contribution in [0, 0.1) is 23.7 Å². The van der Waals surface area contributed by atoms with Crippen molar-refractivity contribution in [1.82, 2.24) is 15.5 Å². The molecule has 1 aromatic carbocycles. The summed E-state index contributed by atoms with van der Waals surface area (Å²) in [7, 11) is 0. The summed E-state index contributed by atoms with van der Waals surface area (Å²) in [4.78, 5) is 51.4. The van der Waals surface area contributed by atoms with E-state index in [-0.39, 0.29) is 11.8 Å². The second-order valence-electron chi connectivity index (χ2n) is 9.07. The molecule has 1 aromatic rings. The van der Waals surface area contributed by atoms with Gasteiger partial charge in [-0.15, -0.1) is 0 Å². The van der Waals surface area contributed by atoms with Crippen LogP contribution in [0.2, 0.25) is 0 Å². The van der Waals surface area contributed by atoms with Gasteiger partial charge in [-0.25, -0.2) is 0 Å². The lowest BCUT2D eigenvalue weighted by atomic mass is 9.85. The molecule has 32 heavy (non-hydrogen) atoms. The fourth-order valence-corrected chi connectivity index (χ4v) is 3.73. The molecule has 0 spiro atoms. The first-order chi connectivity index (χ1) is 15.0. The van der Waals surface area contributed by atoms with Crippen LogP contribution >= 0.6 is 0 Å². The van der Waals surface area contributed by atoms with Crippen molar-refractivity contribution in [3.63, 3.8) is 0 Å². The smallest absolute Gasteiger partial charge is 0.306 e. The zero-order valence-electron chi connectivity index (χ0n) is 18.8. The standard InChI is InChI=1S/C23H30N4O5/c1-14-8-5-6-9-16(14)20(30)26-19(23(2,3)4)22(32)27-11-7-10-17(27)21(31)25-15(13-24)12-18(28)29/h5-6,8-9,15,17,19H,7,10-12H2,1-4H3,(H,25,31)(H,26,30)(H,28,29)/t15-,17-,19+/m0/s1. The number of aliphatic carboxylic acids is 1. The van der Waals surface area contributed by atoms with E-state index >= 15 is 0 Å². The van der Waals surface area contributed by atoms with E-state index in [0.29, 0.717) is 24.9 Å².